The lowest BCUT2D eigenvalue weighted by molar-refractivity contribution is 1.08. The Bertz CT molecular complexity index is 587. The Balaban J connectivity index is 2.22. The molecule has 3 heteroatoms. The SMILES string of the molecule is c1ccc2nnc(-c3ccsc3)cc2c1. The maximum atomic E-state index is 4.21. The third-order valence-electron chi connectivity index (χ3n) is 2.31. The Hall–Kier alpha value is -1.74. The molecule has 0 aliphatic carbocycles. The molecule has 0 aliphatic rings. The summed E-state index contributed by atoms with van der Waals surface area (Å²) in [6.45, 7) is 0. The molecule has 0 atom stereocenters. The molecule has 0 unspecified atom stereocenters. The summed E-state index contributed by atoms with van der Waals surface area (Å²) < 4.78 is 0. The monoisotopic (exact) mass is 212 g/mol. The van der Waals surface area contributed by atoms with Crippen molar-refractivity contribution in [2.75, 3.05) is 0 Å². The highest BCUT2D eigenvalue weighted by Gasteiger charge is 2.01. The van der Waals surface area contributed by atoms with Crippen LogP contribution in [0.4, 0.5) is 0 Å². The maximum Gasteiger partial charge on any atom is 0.0944 e. The molecule has 0 radical (unpaired) electrons. The summed E-state index contributed by atoms with van der Waals surface area (Å²) in [4.78, 5) is 0. The summed E-state index contributed by atoms with van der Waals surface area (Å²) in [5.41, 5.74) is 3.02. The van der Waals surface area contributed by atoms with Crippen LogP contribution in [0, 0.1) is 0 Å². The fourth-order valence-electron chi connectivity index (χ4n) is 1.54. The Labute approximate surface area is 91.2 Å². The van der Waals surface area contributed by atoms with E-state index in [0.717, 1.165) is 22.2 Å². The highest BCUT2D eigenvalue weighted by atomic mass is 32.1. The minimum absolute atomic E-state index is 0.940. The first-order valence-corrected chi connectivity index (χ1v) is 5.63. The van der Waals surface area contributed by atoms with E-state index in [1.165, 1.54) is 0 Å². The lowest BCUT2D eigenvalue weighted by Gasteiger charge is -1.98. The average molecular weight is 212 g/mol. The molecule has 3 rings (SSSR count). The van der Waals surface area contributed by atoms with Crippen LogP contribution in [0.3, 0.4) is 0 Å². The number of aromatic nitrogens is 2. The molecule has 2 aromatic heterocycles. The lowest BCUT2D eigenvalue weighted by atomic mass is 10.1. The third-order valence-corrected chi connectivity index (χ3v) is 2.99. The van der Waals surface area contributed by atoms with Gasteiger partial charge in [-0.1, -0.05) is 18.2 Å². The molecule has 0 fully saturated rings. The molecule has 0 saturated heterocycles. The largest absolute Gasteiger partial charge is 0.152 e. The Kier molecular flexibility index (Phi) is 1.96. The summed E-state index contributed by atoms with van der Waals surface area (Å²) >= 11 is 1.67. The summed E-state index contributed by atoms with van der Waals surface area (Å²) in [5, 5.41) is 13.7. The van der Waals surface area contributed by atoms with Crippen molar-refractivity contribution in [2.45, 2.75) is 0 Å². The third kappa shape index (κ3) is 1.51. The van der Waals surface area contributed by atoms with E-state index in [1.807, 2.05) is 23.6 Å². The number of thiophene rings is 1. The van der Waals surface area contributed by atoms with Crippen LogP contribution in [-0.4, -0.2) is 10.2 Å². The van der Waals surface area contributed by atoms with Gasteiger partial charge in [-0.2, -0.15) is 11.3 Å². The molecule has 3 aromatic rings. The van der Waals surface area contributed by atoms with Crippen molar-refractivity contribution in [3.8, 4) is 11.3 Å². The maximum absolute atomic E-state index is 4.21. The van der Waals surface area contributed by atoms with Crippen LogP contribution in [0.1, 0.15) is 0 Å². The van der Waals surface area contributed by atoms with E-state index in [-0.39, 0.29) is 0 Å². The van der Waals surface area contributed by atoms with Crippen molar-refractivity contribution in [3.63, 3.8) is 0 Å². The normalized spacial score (nSPS) is 10.7. The Morgan fingerprint density at radius 3 is 2.80 bits per heavy atom. The van der Waals surface area contributed by atoms with Crippen molar-refractivity contribution < 1.29 is 0 Å². The van der Waals surface area contributed by atoms with Gasteiger partial charge in [0, 0.05) is 16.3 Å². The van der Waals surface area contributed by atoms with Crippen LogP contribution in [0.25, 0.3) is 22.2 Å². The van der Waals surface area contributed by atoms with Gasteiger partial charge in [-0.05, 0) is 23.6 Å². The molecule has 0 spiro atoms. The van der Waals surface area contributed by atoms with Crippen LogP contribution < -0.4 is 0 Å². The van der Waals surface area contributed by atoms with Gasteiger partial charge in [0.25, 0.3) is 0 Å². The molecular weight excluding hydrogens is 204 g/mol. The smallest absolute Gasteiger partial charge is 0.0944 e. The van der Waals surface area contributed by atoms with E-state index in [4.69, 9.17) is 0 Å². The molecule has 0 bridgehead atoms. The Morgan fingerprint density at radius 2 is 1.93 bits per heavy atom. The first kappa shape index (κ1) is 8.56. The second kappa shape index (κ2) is 3.44. The first-order chi connectivity index (χ1) is 7.43. The molecule has 72 valence electrons. The van der Waals surface area contributed by atoms with Crippen molar-refractivity contribution >= 4 is 22.2 Å². The summed E-state index contributed by atoms with van der Waals surface area (Å²) in [6.07, 6.45) is 0. The minimum atomic E-state index is 0.940. The van der Waals surface area contributed by atoms with Gasteiger partial charge in [-0.25, -0.2) is 0 Å². The van der Waals surface area contributed by atoms with Crippen LogP contribution in [0.15, 0.2) is 47.2 Å². The number of nitrogens with zero attached hydrogens (tertiary/aromatic N) is 2. The minimum Gasteiger partial charge on any atom is -0.152 e. The van der Waals surface area contributed by atoms with Crippen molar-refractivity contribution in [1.82, 2.24) is 10.2 Å². The molecular formula is C12H8N2S. The fourth-order valence-corrected chi connectivity index (χ4v) is 2.19. The predicted octanol–water partition coefficient (Wildman–Crippen LogP) is 3.36. The predicted molar refractivity (Wildman–Crippen MR) is 62.9 cm³/mol. The molecule has 0 saturated carbocycles. The summed E-state index contributed by atoms with van der Waals surface area (Å²) in [5.74, 6) is 0. The molecule has 1 aromatic carbocycles. The van der Waals surface area contributed by atoms with Gasteiger partial charge in [0.05, 0.1) is 11.2 Å². The zero-order chi connectivity index (χ0) is 10.1. The zero-order valence-electron chi connectivity index (χ0n) is 7.92. The fraction of sp³-hybridized carbons (Fsp3) is 0. The van der Waals surface area contributed by atoms with Crippen LogP contribution in [0.2, 0.25) is 0 Å². The van der Waals surface area contributed by atoms with E-state index in [1.54, 1.807) is 11.3 Å². The molecule has 0 amide bonds. The van der Waals surface area contributed by atoms with E-state index in [9.17, 15) is 0 Å². The van der Waals surface area contributed by atoms with Crippen molar-refractivity contribution in [2.24, 2.45) is 0 Å². The second-order valence-corrected chi connectivity index (χ2v) is 4.08. The number of fused-ring (bicyclic) bond motifs is 1. The van der Waals surface area contributed by atoms with Gasteiger partial charge in [-0.3, -0.25) is 0 Å². The van der Waals surface area contributed by atoms with Crippen LogP contribution >= 0.6 is 11.3 Å². The molecule has 0 aliphatic heterocycles. The van der Waals surface area contributed by atoms with Gasteiger partial charge in [0.1, 0.15) is 0 Å². The summed E-state index contributed by atoms with van der Waals surface area (Å²) in [6, 6.07) is 12.1. The second-order valence-electron chi connectivity index (χ2n) is 3.30. The van der Waals surface area contributed by atoms with Gasteiger partial charge in [-0.15, -0.1) is 10.2 Å². The molecule has 0 N–H and O–H groups in total. The van der Waals surface area contributed by atoms with E-state index in [0.29, 0.717) is 0 Å². The van der Waals surface area contributed by atoms with Crippen molar-refractivity contribution in [1.29, 1.82) is 0 Å². The lowest BCUT2D eigenvalue weighted by Crippen LogP contribution is -1.87. The van der Waals surface area contributed by atoms with E-state index < -0.39 is 0 Å². The zero-order valence-corrected chi connectivity index (χ0v) is 8.74. The average Bonchev–Trinajstić information content (AvgIpc) is 2.82. The van der Waals surface area contributed by atoms with Crippen LogP contribution in [0.5, 0.6) is 0 Å². The molecule has 2 heterocycles. The van der Waals surface area contributed by atoms with Gasteiger partial charge in [0.2, 0.25) is 0 Å². The number of hydrogen-bond donors (Lipinski definition) is 0. The van der Waals surface area contributed by atoms with Gasteiger partial charge >= 0.3 is 0 Å². The first-order valence-electron chi connectivity index (χ1n) is 4.68. The Morgan fingerprint density at radius 1 is 1.00 bits per heavy atom. The van der Waals surface area contributed by atoms with E-state index >= 15 is 0 Å². The topological polar surface area (TPSA) is 25.8 Å². The van der Waals surface area contributed by atoms with Crippen molar-refractivity contribution in [3.05, 3.63) is 47.2 Å². The van der Waals surface area contributed by atoms with E-state index in [2.05, 4.69) is 33.8 Å². The summed E-state index contributed by atoms with van der Waals surface area (Å²) in [7, 11) is 0. The highest BCUT2D eigenvalue weighted by Crippen LogP contribution is 2.22. The number of rotatable bonds is 1. The highest BCUT2D eigenvalue weighted by molar-refractivity contribution is 7.08. The molecule has 15 heavy (non-hydrogen) atoms. The molecule has 2 nitrogen and oxygen atoms in total. The number of hydrogen-bond acceptors (Lipinski definition) is 3. The number of benzene rings is 1. The quantitative estimate of drug-likeness (QED) is 0.618. The standard InChI is InChI=1S/C12H8N2S/c1-2-4-11-9(3-1)7-12(14-13-11)10-5-6-15-8-10/h1-8H. The van der Waals surface area contributed by atoms with Gasteiger partial charge in [0.15, 0.2) is 0 Å². The van der Waals surface area contributed by atoms with Crippen LogP contribution in [-0.2, 0) is 0 Å². The van der Waals surface area contributed by atoms with Gasteiger partial charge < -0.3 is 0 Å².